The number of sulfonamides is 1. The second kappa shape index (κ2) is 8.19. The molecule has 158 valence electrons. The molecule has 0 spiro atoms. The van der Waals surface area contributed by atoms with E-state index in [-0.39, 0.29) is 28.6 Å². The quantitative estimate of drug-likeness (QED) is 0.811. The van der Waals surface area contributed by atoms with Crippen molar-refractivity contribution in [2.24, 2.45) is 17.8 Å². The van der Waals surface area contributed by atoms with Gasteiger partial charge in [-0.05, 0) is 63.1 Å². The van der Waals surface area contributed by atoms with E-state index >= 15 is 0 Å². The van der Waals surface area contributed by atoms with E-state index in [0.717, 1.165) is 44.1 Å². The van der Waals surface area contributed by atoms with Crippen molar-refractivity contribution in [3.8, 4) is 0 Å². The Balaban J connectivity index is 1.51. The molecule has 4 rings (SSSR count). The normalized spacial score (nSPS) is 28.2. The van der Waals surface area contributed by atoms with Gasteiger partial charge in [-0.15, -0.1) is 0 Å². The predicted molar refractivity (Wildman–Crippen MR) is 111 cm³/mol. The van der Waals surface area contributed by atoms with Crippen LogP contribution >= 0.6 is 0 Å². The summed E-state index contributed by atoms with van der Waals surface area (Å²) in [6.07, 6.45) is 6.92. The number of hydrogen-bond donors (Lipinski definition) is 1. The Labute approximate surface area is 173 Å². The first-order valence-corrected chi connectivity index (χ1v) is 12.3. The van der Waals surface area contributed by atoms with Gasteiger partial charge in [-0.25, -0.2) is 8.42 Å². The molecule has 7 heteroatoms. The van der Waals surface area contributed by atoms with Crippen LogP contribution in [0.25, 0.3) is 0 Å². The van der Waals surface area contributed by atoms with E-state index in [4.69, 9.17) is 0 Å². The van der Waals surface area contributed by atoms with Crippen LogP contribution in [0.1, 0.15) is 56.9 Å². The number of amides is 1. The Hall–Kier alpha value is -1.73. The fourth-order valence-corrected chi connectivity index (χ4v) is 6.62. The maximum absolute atomic E-state index is 13.0. The second-order valence-electron chi connectivity index (χ2n) is 8.83. The minimum atomic E-state index is -3.54. The van der Waals surface area contributed by atoms with Crippen LogP contribution in [0.4, 0.5) is 5.69 Å². The number of ketones is 1. The number of rotatable bonds is 4. The van der Waals surface area contributed by atoms with Crippen LogP contribution in [0, 0.1) is 24.7 Å². The van der Waals surface area contributed by atoms with E-state index in [1.54, 1.807) is 22.5 Å². The van der Waals surface area contributed by atoms with E-state index in [2.05, 4.69) is 5.32 Å². The lowest BCUT2D eigenvalue weighted by molar-refractivity contribution is -0.136. The van der Waals surface area contributed by atoms with E-state index in [1.165, 1.54) is 0 Å². The molecule has 29 heavy (non-hydrogen) atoms. The SMILES string of the molecule is Cc1ccc(S(=O)(=O)N2CCCCC2)cc1NC(=O)C1C[C@H]2CCC[C@@H](C1)C2=O. The average Bonchev–Trinajstić information content (AvgIpc) is 2.70. The van der Waals surface area contributed by atoms with Crippen LogP contribution in [0.5, 0.6) is 0 Å². The minimum Gasteiger partial charge on any atom is -0.326 e. The number of hydrogen-bond acceptors (Lipinski definition) is 4. The molecule has 2 aliphatic carbocycles. The van der Waals surface area contributed by atoms with Crippen LogP contribution < -0.4 is 5.32 Å². The van der Waals surface area contributed by atoms with Crippen molar-refractivity contribution in [3.63, 3.8) is 0 Å². The lowest BCUT2D eigenvalue weighted by atomic mass is 9.67. The number of nitrogens with one attached hydrogen (secondary N) is 1. The molecule has 6 nitrogen and oxygen atoms in total. The second-order valence-corrected chi connectivity index (χ2v) is 10.8. The predicted octanol–water partition coefficient (Wildman–Crippen LogP) is 3.50. The lowest BCUT2D eigenvalue weighted by Gasteiger charge is -2.37. The minimum absolute atomic E-state index is 0.0187. The molecule has 2 bridgehead atoms. The third kappa shape index (κ3) is 4.12. The summed E-state index contributed by atoms with van der Waals surface area (Å²) in [6.45, 7) is 2.97. The number of carbonyl (C=O) groups excluding carboxylic acids is 2. The van der Waals surface area contributed by atoms with Gasteiger partial charge in [-0.1, -0.05) is 18.9 Å². The summed E-state index contributed by atoms with van der Waals surface area (Å²) < 4.78 is 27.5. The smallest absolute Gasteiger partial charge is 0.243 e. The van der Waals surface area contributed by atoms with Crippen LogP contribution in [-0.2, 0) is 19.6 Å². The van der Waals surface area contributed by atoms with Gasteiger partial charge in [0.25, 0.3) is 0 Å². The molecular weight excluding hydrogens is 388 g/mol. The van der Waals surface area contributed by atoms with E-state index in [9.17, 15) is 18.0 Å². The average molecular weight is 419 g/mol. The van der Waals surface area contributed by atoms with Crippen LogP contribution in [0.3, 0.4) is 0 Å². The summed E-state index contributed by atoms with van der Waals surface area (Å²) in [5.74, 6) is 0.108. The first-order chi connectivity index (χ1) is 13.9. The fourth-order valence-electron chi connectivity index (χ4n) is 5.08. The standard InChI is InChI=1S/C22H30N2O4S/c1-15-8-9-19(29(27,28)24-10-3-2-4-11-24)14-20(15)23-22(26)18-12-16-6-5-7-17(13-18)21(16)25/h8-9,14,16-18H,2-7,10-13H2,1H3,(H,23,26)/t16-,17+,18?. The van der Waals surface area contributed by atoms with Crippen molar-refractivity contribution in [3.05, 3.63) is 23.8 Å². The Bertz CT molecular complexity index is 889. The third-order valence-electron chi connectivity index (χ3n) is 6.84. The maximum atomic E-state index is 13.0. The zero-order valence-electron chi connectivity index (χ0n) is 17.0. The molecule has 1 aromatic carbocycles. The van der Waals surface area contributed by atoms with Gasteiger partial charge < -0.3 is 5.32 Å². The molecule has 3 atom stereocenters. The monoisotopic (exact) mass is 418 g/mol. The van der Waals surface area contributed by atoms with Crippen LogP contribution in [0.15, 0.2) is 23.1 Å². The molecule has 0 radical (unpaired) electrons. The van der Waals surface area contributed by atoms with Crippen LogP contribution in [0.2, 0.25) is 0 Å². The number of carbonyl (C=O) groups is 2. The molecule has 1 unspecified atom stereocenters. The number of aryl methyl sites for hydroxylation is 1. The van der Waals surface area contributed by atoms with Crippen molar-refractivity contribution in [1.82, 2.24) is 4.31 Å². The van der Waals surface area contributed by atoms with E-state index < -0.39 is 10.0 Å². The zero-order valence-corrected chi connectivity index (χ0v) is 17.8. The number of nitrogens with zero attached hydrogens (tertiary/aromatic N) is 1. The molecule has 0 aromatic heterocycles. The molecule has 1 amide bonds. The van der Waals surface area contributed by atoms with Crippen molar-refractivity contribution in [1.29, 1.82) is 0 Å². The van der Waals surface area contributed by atoms with Gasteiger partial charge in [-0.2, -0.15) is 4.31 Å². The lowest BCUT2D eigenvalue weighted by Crippen LogP contribution is -2.40. The van der Waals surface area contributed by atoms with Crippen molar-refractivity contribution in [2.75, 3.05) is 18.4 Å². The molecule has 1 saturated heterocycles. The number of fused-ring (bicyclic) bond motifs is 2. The molecule has 1 heterocycles. The Morgan fingerprint density at radius 3 is 2.34 bits per heavy atom. The summed E-state index contributed by atoms with van der Waals surface area (Å²) in [6, 6.07) is 4.97. The Kier molecular flexibility index (Phi) is 5.80. The van der Waals surface area contributed by atoms with Gasteiger partial charge in [0, 0.05) is 36.5 Å². The van der Waals surface area contributed by atoms with Crippen LogP contribution in [-0.4, -0.2) is 37.5 Å². The number of piperidine rings is 1. The molecule has 2 saturated carbocycles. The first kappa shape index (κ1) is 20.5. The largest absolute Gasteiger partial charge is 0.326 e. The number of Topliss-reactive ketones (excluding diaryl/α,β-unsaturated/α-hetero) is 1. The molecule has 1 N–H and O–H groups in total. The van der Waals surface area contributed by atoms with E-state index in [0.29, 0.717) is 37.4 Å². The summed E-state index contributed by atoms with van der Waals surface area (Å²) in [4.78, 5) is 25.5. The van der Waals surface area contributed by atoms with Crippen molar-refractivity contribution in [2.45, 2.75) is 63.2 Å². The van der Waals surface area contributed by atoms with Gasteiger partial charge in [0.2, 0.25) is 15.9 Å². The van der Waals surface area contributed by atoms with Gasteiger partial charge in [-0.3, -0.25) is 9.59 Å². The highest BCUT2D eigenvalue weighted by atomic mass is 32.2. The summed E-state index contributed by atoms with van der Waals surface area (Å²) in [5, 5.41) is 2.97. The fraction of sp³-hybridized carbons (Fsp3) is 0.636. The van der Waals surface area contributed by atoms with Gasteiger partial charge >= 0.3 is 0 Å². The zero-order chi connectivity index (χ0) is 20.6. The van der Waals surface area contributed by atoms with Gasteiger partial charge in [0.15, 0.2) is 0 Å². The maximum Gasteiger partial charge on any atom is 0.243 e. The van der Waals surface area contributed by atoms with Crippen molar-refractivity contribution >= 4 is 27.4 Å². The molecular formula is C22H30N2O4S. The highest BCUT2D eigenvalue weighted by Gasteiger charge is 2.41. The number of anilines is 1. The molecule has 1 aliphatic heterocycles. The first-order valence-electron chi connectivity index (χ1n) is 10.8. The summed E-state index contributed by atoms with van der Waals surface area (Å²) >= 11 is 0. The molecule has 3 fully saturated rings. The Morgan fingerprint density at radius 1 is 1.03 bits per heavy atom. The highest BCUT2D eigenvalue weighted by Crippen LogP contribution is 2.40. The highest BCUT2D eigenvalue weighted by molar-refractivity contribution is 7.89. The topological polar surface area (TPSA) is 83.6 Å². The Morgan fingerprint density at radius 2 is 1.69 bits per heavy atom. The van der Waals surface area contributed by atoms with Gasteiger partial charge in [0.05, 0.1) is 4.90 Å². The molecule has 1 aromatic rings. The van der Waals surface area contributed by atoms with E-state index in [1.807, 2.05) is 6.92 Å². The van der Waals surface area contributed by atoms with Gasteiger partial charge in [0.1, 0.15) is 5.78 Å². The number of benzene rings is 1. The van der Waals surface area contributed by atoms with Crippen molar-refractivity contribution < 1.29 is 18.0 Å². The summed E-state index contributed by atoms with van der Waals surface area (Å²) in [5.41, 5.74) is 1.39. The molecule has 3 aliphatic rings. The third-order valence-corrected chi connectivity index (χ3v) is 8.73. The summed E-state index contributed by atoms with van der Waals surface area (Å²) in [7, 11) is -3.54.